The first-order chi connectivity index (χ1) is 11.2. The van der Waals surface area contributed by atoms with Gasteiger partial charge >= 0.3 is 0 Å². The molecule has 0 aliphatic heterocycles. The molecule has 0 saturated heterocycles. The van der Waals surface area contributed by atoms with Crippen molar-refractivity contribution in [2.75, 3.05) is 11.1 Å². The fraction of sp³-hybridized carbons (Fsp3) is 0.250. The molecule has 1 amide bonds. The van der Waals surface area contributed by atoms with Gasteiger partial charge in [-0.1, -0.05) is 23.1 Å². The van der Waals surface area contributed by atoms with Crippen molar-refractivity contribution in [2.45, 2.75) is 18.6 Å². The van der Waals surface area contributed by atoms with Crippen LogP contribution >= 0.6 is 39.0 Å². The molecule has 0 spiro atoms. The van der Waals surface area contributed by atoms with Gasteiger partial charge in [-0.05, 0) is 35.0 Å². The SMILES string of the molecule is CCn1c(SCC(=O)Nc2nncs2)nnc1-c1ccc(Br)o1. The molecule has 1 N–H and O–H groups in total. The van der Waals surface area contributed by atoms with Crippen LogP contribution in [0.3, 0.4) is 0 Å². The number of amides is 1. The third-order valence-electron chi connectivity index (χ3n) is 2.77. The summed E-state index contributed by atoms with van der Waals surface area (Å²) in [6, 6.07) is 3.61. The summed E-state index contributed by atoms with van der Waals surface area (Å²) in [6.07, 6.45) is 0. The molecule has 3 aromatic rings. The van der Waals surface area contributed by atoms with Gasteiger partial charge in [0.05, 0.1) is 5.75 Å². The van der Waals surface area contributed by atoms with Crippen molar-refractivity contribution >= 4 is 50.1 Å². The Morgan fingerprint density at radius 1 is 1.43 bits per heavy atom. The average molecular weight is 415 g/mol. The highest BCUT2D eigenvalue weighted by Gasteiger charge is 2.17. The van der Waals surface area contributed by atoms with Gasteiger partial charge in [0.1, 0.15) is 5.51 Å². The predicted molar refractivity (Wildman–Crippen MR) is 90.4 cm³/mol. The van der Waals surface area contributed by atoms with Gasteiger partial charge in [-0.2, -0.15) is 0 Å². The van der Waals surface area contributed by atoms with Crippen molar-refractivity contribution in [3.05, 3.63) is 22.3 Å². The van der Waals surface area contributed by atoms with E-state index in [0.29, 0.717) is 33.1 Å². The maximum Gasteiger partial charge on any atom is 0.236 e. The molecule has 0 radical (unpaired) electrons. The van der Waals surface area contributed by atoms with E-state index < -0.39 is 0 Å². The largest absolute Gasteiger partial charge is 0.446 e. The lowest BCUT2D eigenvalue weighted by molar-refractivity contribution is -0.113. The number of aromatic nitrogens is 5. The van der Waals surface area contributed by atoms with E-state index >= 15 is 0 Å². The normalized spacial score (nSPS) is 10.9. The topological polar surface area (TPSA) is 98.7 Å². The second-order valence-corrected chi connectivity index (χ2v) is 6.79. The summed E-state index contributed by atoms with van der Waals surface area (Å²) in [7, 11) is 0. The molecule has 3 aromatic heterocycles. The number of carbonyl (C=O) groups is 1. The van der Waals surface area contributed by atoms with Crippen LogP contribution in [-0.4, -0.2) is 36.6 Å². The molecule has 3 heterocycles. The number of carbonyl (C=O) groups excluding carboxylic acids is 1. The molecular weight excluding hydrogens is 404 g/mol. The standard InChI is InChI=1S/C12H11BrN6O2S2/c1-2-19-10(7-3-4-8(13)21-7)16-18-12(19)22-5-9(20)15-11-17-14-6-23-11/h3-4,6H,2,5H2,1H3,(H,15,17,20). The van der Waals surface area contributed by atoms with E-state index in [-0.39, 0.29) is 11.7 Å². The number of thioether (sulfide) groups is 1. The van der Waals surface area contributed by atoms with Crippen LogP contribution in [0.25, 0.3) is 11.6 Å². The molecule has 8 nitrogen and oxygen atoms in total. The minimum Gasteiger partial charge on any atom is -0.446 e. The molecular formula is C12H11BrN6O2S2. The van der Waals surface area contributed by atoms with Crippen LogP contribution in [0.2, 0.25) is 0 Å². The van der Waals surface area contributed by atoms with Gasteiger partial charge < -0.3 is 4.42 Å². The van der Waals surface area contributed by atoms with Gasteiger partial charge in [0.25, 0.3) is 0 Å². The lowest BCUT2D eigenvalue weighted by Crippen LogP contribution is -2.14. The third-order valence-corrected chi connectivity index (χ3v) is 4.77. The molecule has 0 atom stereocenters. The third kappa shape index (κ3) is 3.79. The number of halogens is 1. The molecule has 0 bridgehead atoms. The number of hydrogen-bond donors (Lipinski definition) is 1. The van der Waals surface area contributed by atoms with Gasteiger partial charge in [0.15, 0.2) is 15.6 Å². The molecule has 0 unspecified atom stereocenters. The molecule has 0 aromatic carbocycles. The van der Waals surface area contributed by atoms with Gasteiger partial charge in [0, 0.05) is 6.54 Å². The van der Waals surface area contributed by atoms with Crippen molar-refractivity contribution in [2.24, 2.45) is 0 Å². The van der Waals surface area contributed by atoms with Crippen LogP contribution in [0.15, 0.2) is 31.9 Å². The summed E-state index contributed by atoms with van der Waals surface area (Å²) >= 11 is 5.84. The van der Waals surface area contributed by atoms with Crippen molar-refractivity contribution in [1.82, 2.24) is 25.0 Å². The monoisotopic (exact) mass is 414 g/mol. The Bertz CT molecular complexity index is 800. The van der Waals surface area contributed by atoms with E-state index in [4.69, 9.17) is 4.42 Å². The predicted octanol–water partition coefficient (Wildman–Crippen LogP) is 2.90. The number of furan rings is 1. The van der Waals surface area contributed by atoms with Crippen molar-refractivity contribution in [3.8, 4) is 11.6 Å². The summed E-state index contributed by atoms with van der Waals surface area (Å²) in [4.78, 5) is 11.9. The number of anilines is 1. The summed E-state index contributed by atoms with van der Waals surface area (Å²) in [6.45, 7) is 2.65. The highest BCUT2D eigenvalue weighted by Crippen LogP contribution is 2.27. The summed E-state index contributed by atoms with van der Waals surface area (Å²) in [5.74, 6) is 1.29. The fourth-order valence-corrected chi connectivity index (χ4v) is 3.38. The highest BCUT2D eigenvalue weighted by atomic mass is 79.9. The number of nitrogens with one attached hydrogen (secondary N) is 1. The van der Waals surface area contributed by atoms with E-state index in [9.17, 15) is 4.79 Å². The van der Waals surface area contributed by atoms with Gasteiger partial charge in [0.2, 0.25) is 16.9 Å². The molecule has 3 rings (SSSR count). The lowest BCUT2D eigenvalue weighted by atomic mass is 10.4. The number of nitrogens with zero attached hydrogens (tertiary/aromatic N) is 5. The second kappa shape index (κ2) is 7.23. The smallest absolute Gasteiger partial charge is 0.236 e. The van der Waals surface area contributed by atoms with Crippen LogP contribution in [0.4, 0.5) is 5.13 Å². The molecule has 0 fully saturated rings. The van der Waals surface area contributed by atoms with Gasteiger partial charge in [-0.25, -0.2) is 0 Å². The van der Waals surface area contributed by atoms with Gasteiger partial charge in [-0.15, -0.1) is 20.4 Å². The van der Waals surface area contributed by atoms with Crippen LogP contribution in [0.1, 0.15) is 6.92 Å². The first kappa shape index (κ1) is 16.1. The second-order valence-electron chi connectivity index (χ2n) is 4.23. The van der Waals surface area contributed by atoms with Crippen molar-refractivity contribution in [1.29, 1.82) is 0 Å². The quantitative estimate of drug-likeness (QED) is 0.618. The fourth-order valence-electron chi connectivity index (χ4n) is 1.81. The Labute approximate surface area is 147 Å². The van der Waals surface area contributed by atoms with E-state index in [1.807, 2.05) is 17.6 Å². The summed E-state index contributed by atoms with van der Waals surface area (Å²) < 4.78 is 8.04. The lowest BCUT2D eigenvalue weighted by Gasteiger charge is -2.05. The van der Waals surface area contributed by atoms with E-state index in [1.165, 1.54) is 23.1 Å². The van der Waals surface area contributed by atoms with Crippen LogP contribution in [0, 0.1) is 0 Å². The molecule has 120 valence electrons. The molecule has 0 aliphatic carbocycles. The average Bonchev–Trinajstić information content (AvgIpc) is 3.25. The van der Waals surface area contributed by atoms with Gasteiger partial charge in [-0.3, -0.25) is 14.7 Å². The summed E-state index contributed by atoms with van der Waals surface area (Å²) in [5.41, 5.74) is 1.56. The Morgan fingerprint density at radius 2 is 2.30 bits per heavy atom. The first-order valence-corrected chi connectivity index (χ1v) is 9.21. The minimum atomic E-state index is -0.167. The minimum absolute atomic E-state index is 0.167. The van der Waals surface area contributed by atoms with Crippen LogP contribution in [-0.2, 0) is 11.3 Å². The Hall–Kier alpha value is -1.72. The van der Waals surface area contributed by atoms with Crippen LogP contribution < -0.4 is 5.32 Å². The maximum absolute atomic E-state index is 11.9. The van der Waals surface area contributed by atoms with E-state index in [1.54, 1.807) is 11.6 Å². The Morgan fingerprint density at radius 3 is 2.96 bits per heavy atom. The van der Waals surface area contributed by atoms with Crippen molar-refractivity contribution < 1.29 is 9.21 Å². The van der Waals surface area contributed by atoms with Crippen LogP contribution in [0.5, 0.6) is 0 Å². The first-order valence-electron chi connectivity index (χ1n) is 6.55. The zero-order valence-electron chi connectivity index (χ0n) is 11.9. The molecule has 23 heavy (non-hydrogen) atoms. The number of rotatable bonds is 6. The number of hydrogen-bond acceptors (Lipinski definition) is 8. The Kier molecular flexibility index (Phi) is 5.08. The maximum atomic E-state index is 11.9. The van der Waals surface area contributed by atoms with E-state index in [0.717, 1.165) is 0 Å². The zero-order chi connectivity index (χ0) is 16.2. The molecule has 0 aliphatic rings. The van der Waals surface area contributed by atoms with E-state index in [2.05, 4.69) is 41.6 Å². The highest BCUT2D eigenvalue weighted by molar-refractivity contribution is 9.10. The summed E-state index contributed by atoms with van der Waals surface area (Å²) in [5, 5.41) is 19.5. The Balaban J connectivity index is 1.68. The van der Waals surface area contributed by atoms with Crippen molar-refractivity contribution in [3.63, 3.8) is 0 Å². The molecule has 11 heteroatoms. The molecule has 0 saturated carbocycles. The zero-order valence-corrected chi connectivity index (χ0v) is 15.1.